The molecule has 0 aliphatic rings. The Morgan fingerprint density at radius 2 is 1.38 bits per heavy atom. The highest BCUT2D eigenvalue weighted by Crippen LogP contribution is 2.37. The van der Waals surface area contributed by atoms with Crippen molar-refractivity contribution in [2.45, 2.75) is 12.4 Å². The maximum atomic E-state index is 13.5. The first-order valence-corrected chi connectivity index (χ1v) is 8.97. The minimum absolute atomic E-state index is 0.0450. The molecule has 0 spiro atoms. The zero-order valence-corrected chi connectivity index (χ0v) is 15.8. The van der Waals surface area contributed by atoms with Crippen molar-refractivity contribution >= 4 is 16.6 Å². The van der Waals surface area contributed by atoms with Crippen molar-refractivity contribution < 1.29 is 31.3 Å². The van der Waals surface area contributed by atoms with E-state index in [1.807, 2.05) is 0 Å². The second kappa shape index (κ2) is 7.36. The molecule has 4 aromatic rings. The number of benzene rings is 3. The normalized spacial score (nSPS) is 12.3. The number of halogens is 6. The van der Waals surface area contributed by atoms with Crippen LogP contribution in [0.2, 0.25) is 0 Å². The van der Waals surface area contributed by atoms with Crippen molar-refractivity contribution in [1.82, 2.24) is 9.78 Å². The molecule has 0 radical (unpaired) electrons. The van der Waals surface area contributed by atoms with Crippen molar-refractivity contribution in [2.24, 2.45) is 0 Å². The lowest BCUT2D eigenvalue weighted by molar-refractivity contribution is -0.384. The van der Waals surface area contributed by atoms with E-state index in [0.29, 0.717) is 11.1 Å². The summed E-state index contributed by atoms with van der Waals surface area (Å²) in [5.74, 6) is 0. The summed E-state index contributed by atoms with van der Waals surface area (Å²) in [5, 5.41) is 14.3. The van der Waals surface area contributed by atoms with Gasteiger partial charge in [0, 0.05) is 17.5 Å². The first kappa shape index (κ1) is 21.3. The van der Waals surface area contributed by atoms with Crippen LogP contribution in [0, 0.1) is 10.1 Å². The van der Waals surface area contributed by atoms with Gasteiger partial charge in [-0.1, -0.05) is 18.2 Å². The fraction of sp³-hybridized carbons (Fsp3) is 0.0952. The first-order valence-electron chi connectivity index (χ1n) is 8.97. The number of aromatic nitrogens is 2. The Morgan fingerprint density at radius 1 is 0.781 bits per heavy atom. The molecule has 0 bridgehead atoms. The van der Waals surface area contributed by atoms with Crippen molar-refractivity contribution in [2.75, 3.05) is 0 Å². The molecule has 11 heteroatoms. The highest BCUT2D eigenvalue weighted by atomic mass is 19.4. The number of alkyl halides is 6. The van der Waals surface area contributed by atoms with Gasteiger partial charge in [-0.05, 0) is 47.5 Å². The molecule has 0 atom stereocenters. The summed E-state index contributed by atoms with van der Waals surface area (Å²) >= 11 is 0. The summed E-state index contributed by atoms with van der Waals surface area (Å²) < 4.78 is 80.0. The molecule has 0 N–H and O–H groups in total. The van der Waals surface area contributed by atoms with Gasteiger partial charge in [0.1, 0.15) is 0 Å². The maximum Gasteiger partial charge on any atom is 0.435 e. The third-order valence-electron chi connectivity index (χ3n) is 4.80. The Morgan fingerprint density at radius 3 is 1.91 bits per heavy atom. The zero-order valence-electron chi connectivity index (χ0n) is 15.8. The molecular weight excluding hydrogens is 440 g/mol. The summed E-state index contributed by atoms with van der Waals surface area (Å²) in [6.07, 6.45) is -9.28. The summed E-state index contributed by atoms with van der Waals surface area (Å²) in [6.45, 7) is 0. The molecule has 0 aliphatic heterocycles. The molecule has 0 unspecified atom stereocenters. The van der Waals surface area contributed by atoms with Gasteiger partial charge in [-0.3, -0.25) is 10.1 Å². The lowest BCUT2D eigenvalue weighted by atomic mass is 10.0. The number of hydrogen-bond donors (Lipinski definition) is 0. The minimum atomic E-state index is -4.76. The van der Waals surface area contributed by atoms with Gasteiger partial charge in [-0.25, -0.2) is 4.68 Å². The molecule has 164 valence electrons. The Labute approximate surface area is 175 Å². The largest absolute Gasteiger partial charge is 0.435 e. The summed E-state index contributed by atoms with van der Waals surface area (Å²) in [4.78, 5) is 10.2. The zero-order chi connectivity index (χ0) is 23.3. The second-order valence-electron chi connectivity index (χ2n) is 6.84. The van der Waals surface area contributed by atoms with Crippen LogP contribution >= 0.6 is 0 Å². The van der Waals surface area contributed by atoms with E-state index >= 15 is 0 Å². The van der Waals surface area contributed by atoms with E-state index in [0.717, 1.165) is 28.9 Å². The van der Waals surface area contributed by atoms with E-state index in [1.54, 1.807) is 0 Å². The van der Waals surface area contributed by atoms with Crippen molar-refractivity contribution in [1.29, 1.82) is 0 Å². The van der Waals surface area contributed by atoms with Crippen LogP contribution in [-0.4, -0.2) is 14.7 Å². The van der Waals surface area contributed by atoms with Crippen molar-refractivity contribution in [3.63, 3.8) is 0 Å². The van der Waals surface area contributed by atoms with Gasteiger partial charge in [0.25, 0.3) is 5.69 Å². The molecule has 5 nitrogen and oxygen atoms in total. The SMILES string of the molecule is O=[N+]([O-])c1ccc(-n2nc(C(F)(F)F)c3ccc(-c4ccc(C(F)(F)F)cc4)cc32)cc1. The molecule has 1 aromatic heterocycles. The Kier molecular flexibility index (Phi) is 4.91. The molecule has 1 heterocycles. The summed E-state index contributed by atoms with van der Waals surface area (Å²) in [5.41, 5.74) is -1.30. The van der Waals surface area contributed by atoms with E-state index in [-0.39, 0.29) is 22.3 Å². The van der Waals surface area contributed by atoms with Gasteiger partial charge in [0.2, 0.25) is 0 Å². The third-order valence-corrected chi connectivity index (χ3v) is 4.80. The minimum Gasteiger partial charge on any atom is -0.258 e. The van der Waals surface area contributed by atoms with E-state index in [1.165, 1.54) is 42.5 Å². The quantitative estimate of drug-likeness (QED) is 0.199. The third kappa shape index (κ3) is 3.88. The lowest BCUT2D eigenvalue weighted by Crippen LogP contribution is -2.07. The van der Waals surface area contributed by atoms with Crippen LogP contribution in [0.15, 0.2) is 66.7 Å². The second-order valence-corrected chi connectivity index (χ2v) is 6.84. The highest BCUT2D eigenvalue weighted by molar-refractivity contribution is 5.88. The molecule has 0 amide bonds. The van der Waals surface area contributed by atoms with Crippen LogP contribution in [0.5, 0.6) is 0 Å². The van der Waals surface area contributed by atoms with Gasteiger partial charge >= 0.3 is 12.4 Å². The van der Waals surface area contributed by atoms with Crippen LogP contribution in [0.3, 0.4) is 0 Å². The molecule has 0 saturated carbocycles. The predicted molar refractivity (Wildman–Crippen MR) is 103 cm³/mol. The first-order chi connectivity index (χ1) is 14.9. The van der Waals surface area contributed by atoms with Gasteiger partial charge < -0.3 is 0 Å². The number of nitro groups is 1. The molecule has 0 fully saturated rings. The number of fused-ring (bicyclic) bond motifs is 1. The molecular formula is C21H11F6N3O2. The number of nitro benzene ring substituents is 1. The number of non-ortho nitro benzene ring substituents is 1. The smallest absolute Gasteiger partial charge is 0.258 e. The summed E-state index contributed by atoms with van der Waals surface area (Å²) in [7, 11) is 0. The fourth-order valence-electron chi connectivity index (χ4n) is 3.27. The van der Waals surface area contributed by atoms with Gasteiger partial charge in [0.15, 0.2) is 5.69 Å². The Bertz CT molecular complexity index is 1310. The molecule has 0 aliphatic carbocycles. The highest BCUT2D eigenvalue weighted by Gasteiger charge is 2.37. The molecule has 3 aromatic carbocycles. The lowest BCUT2D eigenvalue weighted by Gasteiger charge is -2.09. The average molecular weight is 451 g/mol. The standard InChI is InChI=1S/C21H11F6N3O2/c22-20(23,24)14-4-1-12(2-5-14)13-3-10-17-18(11-13)29(28-19(17)21(25,26)27)15-6-8-16(9-7-15)30(31)32/h1-11H. The van der Waals surface area contributed by atoms with Crippen LogP contribution in [0.25, 0.3) is 27.7 Å². The van der Waals surface area contributed by atoms with Crippen LogP contribution in [0.1, 0.15) is 11.3 Å². The van der Waals surface area contributed by atoms with Gasteiger partial charge in [0.05, 0.1) is 21.7 Å². The predicted octanol–water partition coefficient (Wildman–Crippen LogP) is 6.64. The van der Waals surface area contributed by atoms with Gasteiger partial charge in [-0.15, -0.1) is 0 Å². The van der Waals surface area contributed by atoms with Crippen LogP contribution in [-0.2, 0) is 12.4 Å². The average Bonchev–Trinajstić information content (AvgIpc) is 3.12. The van der Waals surface area contributed by atoms with Crippen molar-refractivity contribution in [3.8, 4) is 16.8 Å². The van der Waals surface area contributed by atoms with Gasteiger partial charge in [-0.2, -0.15) is 31.4 Å². The number of rotatable bonds is 3. The van der Waals surface area contributed by atoms with E-state index in [2.05, 4.69) is 5.10 Å². The number of nitrogens with zero attached hydrogens (tertiary/aromatic N) is 3. The number of hydrogen-bond acceptors (Lipinski definition) is 3. The molecule has 0 saturated heterocycles. The van der Waals surface area contributed by atoms with E-state index in [4.69, 9.17) is 0 Å². The van der Waals surface area contributed by atoms with Crippen LogP contribution in [0.4, 0.5) is 32.0 Å². The fourth-order valence-corrected chi connectivity index (χ4v) is 3.27. The Balaban J connectivity index is 1.87. The molecule has 32 heavy (non-hydrogen) atoms. The van der Waals surface area contributed by atoms with E-state index < -0.39 is 28.5 Å². The Hall–Kier alpha value is -3.89. The van der Waals surface area contributed by atoms with E-state index in [9.17, 15) is 36.5 Å². The monoisotopic (exact) mass is 451 g/mol. The van der Waals surface area contributed by atoms with Crippen LogP contribution < -0.4 is 0 Å². The topological polar surface area (TPSA) is 61.0 Å². The maximum absolute atomic E-state index is 13.5. The molecule has 4 rings (SSSR count). The summed E-state index contributed by atoms with van der Waals surface area (Å²) in [6, 6.07) is 12.9. The van der Waals surface area contributed by atoms with Crippen molar-refractivity contribution in [3.05, 3.63) is 88.1 Å².